The van der Waals surface area contributed by atoms with Crippen LogP contribution in [-0.4, -0.2) is 18.2 Å². The van der Waals surface area contributed by atoms with Gasteiger partial charge in [0.25, 0.3) is 10.1 Å². The van der Waals surface area contributed by atoms with E-state index in [0.29, 0.717) is 6.42 Å². The van der Waals surface area contributed by atoms with E-state index in [1.807, 2.05) is 42.5 Å². The molecule has 1 N–H and O–H groups in total. The Balaban J connectivity index is 2.43. The molecule has 0 bridgehead atoms. The number of fused-ring (bicyclic) bond motifs is 1. The summed E-state index contributed by atoms with van der Waals surface area (Å²) in [5, 5.41) is 1.33. The minimum absolute atomic E-state index is 0.320. The van der Waals surface area contributed by atoms with Gasteiger partial charge >= 0.3 is 0 Å². The maximum atomic E-state index is 11.0. The molecule has 0 aliphatic carbocycles. The topological polar surface area (TPSA) is 54.4 Å². The first-order valence-corrected chi connectivity index (χ1v) is 6.92. The van der Waals surface area contributed by atoms with E-state index >= 15 is 0 Å². The first kappa shape index (κ1) is 12.1. The second-order valence-corrected chi connectivity index (χ2v) is 6.00. The van der Waals surface area contributed by atoms with Crippen LogP contribution in [0.4, 0.5) is 0 Å². The molecule has 4 heteroatoms. The molecular weight excluding hydrogens is 236 g/mol. The largest absolute Gasteiger partial charge is 0.285 e. The van der Waals surface area contributed by atoms with Crippen LogP contribution in [0.25, 0.3) is 10.8 Å². The smallest absolute Gasteiger partial charge is 0.267 e. The van der Waals surface area contributed by atoms with Crippen molar-refractivity contribution in [2.45, 2.75) is 18.6 Å². The highest BCUT2D eigenvalue weighted by atomic mass is 32.2. The normalized spacial score (nSPS) is 13.8. The van der Waals surface area contributed by atoms with Crippen molar-refractivity contribution in [3.05, 3.63) is 48.0 Å². The fraction of sp³-hybridized carbons (Fsp3) is 0.231. The lowest BCUT2D eigenvalue weighted by molar-refractivity contribution is 0.469. The minimum atomic E-state index is -3.97. The quantitative estimate of drug-likeness (QED) is 0.852. The molecule has 0 aliphatic heterocycles. The molecule has 0 radical (unpaired) electrons. The highest BCUT2D eigenvalue weighted by Gasteiger charge is 2.18. The molecule has 0 heterocycles. The van der Waals surface area contributed by atoms with Crippen molar-refractivity contribution in [1.29, 1.82) is 0 Å². The van der Waals surface area contributed by atoms with Gasteiger partial charge in [-0.25, -0.2) is 0 Å². The lowest BCUT2D eigenvalue weighted by atomic mass is 10.0. The molecule has 2 rings (SSSR count). The second kappa shape index (κ2) is 4.47. The van der Waals surface area contributed by atoms with E-state index in [2.05, 4.69) is 0 Å². The minimum Gasteiger partial charge on any atom is -0.285 e. The molecule has 1 atom stereocenters. The summed E-state index contributed by atoms with van der Waals surface area (Å²) in [6.45, 7) is 1.51. The van der Waals surface area contributed by atoms with Gasteiger partial charge in [0.1, 0.15) is 0 Å². The summed E-state index contributed by atoms with van der Waals surface area (Å²) < 4.78 is 31.0. The van der Waals surface area contributed by atoms with Crippen molar-refractivity contribution in [3.8, 4) is 0 Å². The van der Waals surface area contributed by atoms with Crippen LogP contribution in [0.3, 0.4) is 0 Å². The van der Waals surface area contributed by atoms with E-state index in [0.717, 1.165) is 16.3 Å². The van der Waals surface area contributed by atoms with E-state index in [-0.39, 0.29) is 0 Å². The van der Waals surface area contributed by atoms with Gasteiger partial charge in [0.2, 0.25) is 0 Å². The lowest BCUT2D eigenvalue weighted by Crippen LogP contribution is -2.19. The van der Waals surface area contributed by atoms with Crippen molar-refractivity contribution < 1.29 is 13.0 Å². The Kier molecular flexibility index (Phi) is 3.17. The molecule has 17 heavy (non-hydrogen) atoms. The van der Waals surface area contributed by atoms with Crippen LogP contribution in [0.15, 0.2) is 42.5 Å². The molecule has 0 saturated heterocycles. The maximum absolute atomic E-state index is 11.0. The predicted octanol–water partition coefficient (Wildman–Crippen LogP) is 2.66. The SMILES string of the molecule is CC(Cc1cccc2ccccc12)S(=O)(=O)O. The van der Waals surface area contributed by atoms with Crippen LogP contribution in [0, 0.1) is 0 Å². The Morgan fingerprint density at radius 3 is 2.47 bits per heavy atom. The fourth-order valence-electron chi connectivity index (χ4n) is 1.89. The Hall–Kier alpha value is -1.39. The van der Waals surface area contributed by atoms with Gasteiger partial charge in [-0.3, -0.25) is 4.55 Å². The number of rotatable bonds is 3. The summed E-state index contributed by atoms with van der Waals surface area (Å²) in [5.74, 6) is 0. The summed E-state index contributed by atoms with van der Waals surface area (Å²) in [6.07, 6.45) is 0.320. The average molecular weight is 250 g/mol. The zero-order chi connectivity index (χ0) is 12.5. The van der Waals surface area contributed by atoms with E-state index < -0.39 is 15.4 Å². The molecule has 2 aromatic carbocycles. The van der Waals surface area contributed by atoms with Gasteiger partial charge in [0, 0.05) is 0 Å². The molecule has 0 spiro atoms. The molecule has 0 amide bonds. The van der Waals surface area contributed by atoms with Crippen molar-refractivity contribution in [2.75, 3.05) is 0 Å². The Labute approximate surface area is 101 Å². The van der Waals surface area contributed by atoms with Crippen molar-refractivity contribution >= 4 is 20.9 Å². The van der Waals surface area contributed by atoms with Crippen molar-refractivity contribution in [1.82, 2.24) is 0 Å². The van der Waals surface area contributed by atoms with Gasteiger partial charge in [-0.05, 0) is 29.7 Å². The standard InChI is InChI=1S/C13H14O3S/c1-10(17(14,15)16)9-12-7-4-6-11-5-2-3-8-13(11)12/h2-8,10H,9H2,1H3,(H,14,15,16). The Morgan fingerprint density at radius 1 is 1.12 bits per heavy atom. The Bertz CT molecular complexity index is 627. The second-order valence-electron chi connectivity index (χ2n) is 4.17. The zero-order valence-electron chi connectivity index (χ0n) is 9.50. The Morgan fingerprint density at radius 2 is 1.76 bits per heavy atom. The predicted molar refractivity (Wildman–Crippen MR) is 68.7 cm³/mol. The summed E-state index contributed by atoms with van der Waals surface area (Å²) in [7, 11) is -3.97. The number of hydrogen-bond donors (Lipinski definition) is 1. The van der Waals surface area contributed by atoms with Crippen LogP contribution >= 0.6 is 0 Å². The summed E-state index contributed by atoms with van der Waals surface area (Å²) in [5.41, 5.74) is 0.938. The van der Waals surface area contributed by atoms with E-state index in [4.69, 9.17) is 4.55 Å². The van der Waals surface area contributed by atoms with Crippen LogP contribution in [0.2, 0.25) is 0 Å². The van der Waals surface area contributed by atoms with Gasteiger partial charge in [-0.15, -0.1) is 0 Å². The third-order valence-corrected chi connectivity index (χ3v) is 4.08. The highest BCUT2D eigenvalue weighted by molar-refractivity contribution is 7.86. The molecule has 3 nitrogen and oxygen atoms in total. The van der Waals surface area contributed by atoms with Gasteiger partial charge in [0.05, 0.1) is 5.25 Å². The molecule has 0 aromatic heterocycles. The van der Waals surface area contributed by atoms with Gasteiger partial charge < -0.3 is 0 Å². The summed E-state index contributed by atoms with van der Waals surface area (Å²) in [4.78, 5) is 0. The third-order valence-electron chi connectivity index (χ3n) is 2.90. The molecule has 0 saturated carbocycles. The van der Waals surface area contributed by atoms with Gasteiger partial charge in [-0.2, -0.15) is 8.42 Å². The first-order valence-electron chi connectivity index (χ1n) is 5.41. The molecule has 90 valence electrons. The molecule has 2 aromatic rings. The lowest BCUT2D eigenvalue weighted by Gasteiger charge is -2.10. The monoisotopic (exact) mass is 250 g/mol. The first-order chi connectivity index (χ1) is 7.98. The van der Waals surface area contributed by atoms with Crippen LogP contribution < -0.4 is 0 Å². The van der Waals surface area contributed by atoms with Crippen LogP contribution in [-0.2, 0) is 16.5 Å². The van der Waals surface area contributed by atoms with E-state index in [9.17, 15) is 8.42 Å². The van der Waals surface area contributed by atoms with E-state index in [1.54, 1.807) is 0 Å². The fourth-order valence-corrected chi connectivity index (χ4v) is 2.28. The molecule has 0 fully saturated rings. The maximum Gasteiger partial charge on any atom is 0.267 e. The average Bonchev–Trinajstić information content (AvgIpc) is 2.28. The number of hydrogen-bond acceptors (Lipinski definition) is 2. The van der Waals surface area contributed by atoms with E-state index in [1.165, 1.54) is 6.92 Å². The van der Waals surface area contributed by atoms with Crippen LogP contribution in [0.1, 0.15) is 12.5 Å². The highest BCUT2D eigenvalue weighted by Crippen LogP contribution is 2.21. The third kappa shape index (κ3) is 2.65. The van der Waals surface area contributed by atoms with Crippen molar-refractivity contribution in [3.63, 3.8) is 0 Å². The van der Waals surface area contributed by atoms with Crippen LogP contribution in [0.5, 0.6) is 0 Å². The summed E-state index contributed by atoms with van der Waals surface area (Å²) in [6, 6.07) is 13.6. The zero-order valence-corrected chi connectivity index (χ0v) is 10.3. The summed E-state index contributed by atoms with van der Waals surface area (Å²) >= 11 is 0. The van der Waals surface area contributed by atoms with Gasteiger partial charge in [-0.1, -0.05) is 42.5 Å². The number of benzene rings is 2. The molecule has 0 aliphatic rings. The van der Waals surface area contributed by atoms with Crippen molar-refractivity contribution in [2.24, 2.45) is 0 Å². The molecular formula is C13H14O3S. The molecule has 1 unspecified atom stereocenters. The van der Waals surface area contributed by atoms with Gasteiger partial charge in [0.15, 0.2) is 0 Å².